The van der Waals surface area contributed by atoms with Crippen LogP contribution in [-0.4, -0.2) is 37.0 Å². The molecule has 1 aliphatic rings. The number of piperidine rings is 1. The van der Waals surface area contributed by atoms with Crippen molar-refractivity contribution in [2.24, 2.45) is 0 Å². The molecule has 1 saturated heterocycles. The van der Waals surface area contributed by atoms with Gasteiger partial charge in [0.15, 0.2) is 0 Å². The number of carbonyl (C=O) groups excluding carboxylic acids is 2. The number of benzene rings is 3. The molecule has 3 aromatic carbocycles. The lowest BCUT2D eigenvalue weighted by atomic mass is 9.89. The minimum Gasteiger partial charge on any atom is -0.496 e. The van der Waals surface area contributed by atoms with Gasteiger partial charge >= 0.3 is 6.03 Å². The second-order valence-corrected chi connectivity index (χ2v) is 8.20. The van der Waals surface area contributed by atoms with E-state index in [0.717, 1.165) is 42.0 Å². The number of hydrogen-bond donors (Lipinski definition) is 2. The van der Waals surface area contributed by atoms with Gasteiger partial charge in [0, 0.05) is 42.4 Å². The standard InChI is InChI=1S/C27H29N3O3/c1-33-25-15-6-5-9-22(25)18-28-26(31)21-11-7-10-20(17-21)23-12-8-16-30(19-23)27(32)29-24-13-3-2-4-14-24/h2-7,9-11,13-15,17,23H,8,12,16,18-19H2,1H3,(H,28,31)(H,29,32). The van der Waals surface area contributed by atoms with Gasteiger partial charge in [0.1, 0.15) is 5.75 Å². The Hall–Kier alpha value is -3.80. The molecule has 1 atom stereocenters. The summed E-state index contributed by atoms with van der Waals surface area (Å²) in [6, 6.07) is 24.8. The fourth-order valence-electron chi connectivity index (χ4n) is 4.22. The van der Waals surface area contributed by atoms with Gasteiger partial charge in [-0.25, -0.2) is 4.79 Å². The van der Waals surface area contributed by atoms with Crippen LogP contribution in [0.3, 0.4) is 0 Å². The third kappa shape index (κ3) is 5.71. The van der Waals surface area contributed by atoms with Crippen molar-refractivity contribution in [2.45, 2.75) is 25.3 Å². The number of likely N-dealkylation sites (tertiary alicyclic amines) is 1. The zero-order chi connectivity index (χ0) is 23.0. The highest BCUT2D eigenvalue weighted by molar-refractivity contribution is 5.94. The van der Waals surface area contributed by atoms with E-state index in [1.807, 2.05) is 83.8 Å². The first-order valence-corrected chi connectivity index (χ1v) is 11.2. The second-order valence-electron chi connectivity index (χ2n) is 8.20. The summed E-state index contributed by atoms with van der Waals surface area (Å²) in [6.07, 6.45) is 1.92. The van der Waals surface area contributed by atoms with E-state index in [4.69, 9.17) is 4.74 Å². The Balaban J connectivity index is 1.39. The number of nitrogens with zero attached hydrogens (tertiary/aromatic N) is 1. The topological polar surface area (TPSA) is 70.7 Å². The fourth-order valence-corrected chi connectivity index (χ4v) is 4.22. The summed E-state index contributed by atoms with van der Waals surface area (Å²) in [6.45, 7) is 1.75. The summed E-state index contributed by atoms with van der Waals surface area (Å²) in [7, 11) is 1.62. The molecular formula is C27H29N3O3. The van der Waals surface area contributed by atoms with Crippen molar-refractivity contribution in [2.75, 3.05) is 25.5 Å². The van der Waals surface area contributed by atoms with E-state index in [9.17, 15) is 9.59 Å². The minimum absolute atomic E-state index is 0.0865. The van der Waals surface area contributed by atoms with Gasteiger partial charge in [0.2, 0.25) is 0 Å². The normalized spacial score (nSPS) is 15.5. The number of hydrogen-bond acceptors (Lipinski definition) is 3. The van der Waals surface area contributed by atoms with E-state index >= 15 is 0 Å². The summed E-state index contributed by atoms with van der Waals surface area (Å²) in [4.78, 5) is 27.4. The highest BCUT2D eigenvalue weighted by Gasteiger charge is 2.25. The van der Waals surface area contributed by atoms with Crippen LogP contribution in [0.4, 0.5) is 10.5 Å². The van der Waals surface area contributed by atoms with E-state index < -0.39 is 0 Å². The Morgan fingerprint density at radius 1 is 1.00 bits per heavy atom. The van der Waals surface area contributed by atoms with Crippen molar-refractivity contribution in [3.8, 4) is 5.75 Å². The van der Waals surface area contributed by atoms with Crippen LogP contribution >= 0.6 is 0 Å². The van der Waals surface area contributed by atoms with E-state index in [1.165, 1.54) is 0 Å². The molecule has 0 aliphatic carbocycles. The number of rotatable bonds is 6. The molecule has 1 unspecified atom stereocenters. The highest BCUT2D eigenvalue weighted by Crippen LogP contribution is 2.28. The number of nitrogens with one attached hydrogen (secondary N) is 2. The number of urea groups is 1. The third-order valence-electron chi connectivity index (χ3n) is 5.99. The van der Waals surface area contributed by atoms with Gasteiger partial charge in [-0.15, -0.1) is 0 Å². The van der Waals surface area contributed by atoms with Gasteiger partial charge in [0.25, 0.3) is 5.91 Å². The van der Waals surface area contributed by atoms with Gasteiger partial charge in [0.05, 0.1) is 7.11 Å². The van der Waals surface area contributed by atoms with Crippen LogP contribution in [0.15, 0.2) is 78.9 Å². The lowest BCUT2D eigenvalue weighted by Gasteiger charge is -2.33. The Morgan fingerprint density at radius 3 is 2.61 bits per heavy atom. The summed E-state index contributed by atoms with van der Waals surface area (Å²) in [5.74, 6) is 0.821. The number of carbonyl (C=O) groups is 2. The molecule has 0 radical (unpaired) electrons. The van der Waals surface area contributed by atoms with Crippen molar-refractivity contribution < 1.29 is 14.3 Å². The predicted octanol–water partition coefficient (Wildman–Crippen LogP) is 5.04. The van der Waals surface area contributed by atoms with Crippen LogP contribution < -0.4 is 15.4 Å². The molecule has 3 amide bonds. The molecular weight excluding hydrogens is 414 g/mol. The minimum atomic E-state index is -0.128. The molecule has 1 fully saturated rings. The maximum Gasteiger partial charge on any atom is 0.321 e. The summed E-state index contributed by atoms with van der Waals surface area (Å²) in [5, 5.41) is 5.95. The van der Waals surface area contributed by atoms with Crippen molar-refractivity contribution in [1.82, 2.24) is 10.2 Å². The molecule has 6 heteroatoms. The zero-order valence-electron chi connectivity index (χ0n) is 18.8. The average molecular weight is 444 g/mol. The fraction of sp³-hybridized carbons (Fsp3) is 0.259. The quantitative estimate of drug-likeness (QED) is 0.561. The molecule has 1 aliphatic heterocycles. The largest absolute Gasteiger partial charge is 0.496 e. The van der Waals surface area contributed by atoms with Gasteiger partial charge in [-0.05, 0) is 48.7 Å². The van der Waals surface area contributed by atoms with E-state index in [0.29, 0.717) is 18.7 Å². The average Bonchev–Trinajstić information content (AvgIpc) is 2.88. The van der Waals surface area contributed by atoms with Gasteiger partial charge < -0.3 is 20.3 Å². The smallest absolute Gasteiger partial charge is 0.321 e. The van der Waals surface area contributed by atoms with Crippen LogP contribution in [0.2, 0.25) is 0 Å². The van der Waals surface area contributed by atoms with Crippen molar-refractivity contribution >= 4 is 17.6 Å². The monoisotopic (exact) mass is 443 g/mol. The molecule has 33 heavy (non-hydrogen) atoms. The molecule has 170 valence electrons. The molecule has 2 N–H and O–H groups in total. The van der Waals surface area contributed by atoms with Gasteiger partial charge in [-0.2, -0.15) is 0 Å². The molecule has 1 heterocycles. The van der Waals surface area contributed by atoms with Crippen LogP contribution in [-0.2, 0) is 6.54 Å². The van der Waals surface area contributed by atoms with Crippen LogP contribution in [0, 0.1) is 0 Å². The Kier molecular flexibility index (Phi) is 7.25. The Labute approximate surface area is 194 Å². The predicted molar refractivity (Wildman–Crippen MR) is 130 cm³/mol. The zero-order valence-corrected chi connectivity index (χ0v) is 18.8. The Bertz CT molecular complexity index is 1100. The van der Waals surface area contributed by atoms with Crippen molar-refractivity contribution in [3.63, 3.8) is 0 Å². The van der Waals surface area contributed by atoms with E-state index in [-0.39, 0.29) is 17.9 Å². The van der Waals surface area contributed by atoms with Crippen LogP contribution in [0.5, 0.6) is 5.75 Å². The number of methoxy groups -OCH3 is 1. The molecule has 0 bridgehead atoms. The molecule has 0 saturated carbocycles. The lowest BCUT2D eigenvalue weighted by molar-refractivity contribution is 0.0950. The number of para-hydroxylation sites is 2. The van der Waals surface area contributed by atoms with Gasteiger partial charge in [-0.1, -0.05) is 48.5 Å². The number of amides is 3. The van der Waals surface area contributed by atoms with E-state index in [1.54, 1.807) is 7.11 Å². The molecule has 0 aromatic heterocycles. The summed E-state index contributed by atoms with van der Waals surface area (Å²) >= 11 is 0. The van der Waals surface area contributed by atoms with Gasteiger partial charge in [-0.3, -0.25) is 4.79 Å². The van der Waals surface area contributed by atoms with Crippen molar-refractivity contribution in [1.29, 1.82) is 0 Å². The van der Waals surface area contributed by atoms with E-state index in [2.05, 4.69) is 10.6 Å². The SMILES string of the molecule is COc1ccccc1CNC(=O)c1cccc(C2CCCN(C(=O)Nc3ccccc3)C2)c1. The summed E-state index contributed by atoms with van der Waals surface area (Å²) in [5.41, 5.74) is 3.42. The van der Waals surface area contributed by atoms with Crippen molar-refractivity contribution in [3.05, 3.63) is 95.6 Å². The number of anilines is 1. The Morgan fingerprint density at radius 2 is 1.79 bits per heavy atom. The molecule has 4 rings (SSSR count). The number of ether oxygens (including phenoxy) is 1. The van der Waals surface area contributed by atoms with Crippen LogP contribution in [0.1, 0.15) is 40.2 Å². The van der Waals surface area contributed by atoms with Crippen LogP contribution in [0.25, 0.3) is 0 Å². The second kappa shape index (κ2) is 10.7. The first-order chi connectivity index (χ1) is 16.1. The molecule has 6 nitrogen and oxygen atoms in total. The molecule has 3 aromatic rings. The first-order valence-electron chi connectivity index (χ1n) is 11.2. The maximum absolute atomic E-state index is 12.8. The third-order valence-corrected chi connectivity index (χ3v) is 5.99. The first kappa shape index (κ1) is 22.4. The highest BCUT2D eigenvalue weighted by atomic mass is 16.5. The maximum atomic E-state index is 12.8. The molecule has 0 spiro atoms. The summed E-state index contributed by atoms with van der Waals surface area (Å²) < 4.78 is 5.36. The lowest BCUT2D eigenvalue weighted by Crippen LogP contribution is -2.41.